The number of amides is 1. The molecular formula is C19H26FN3O2. The number of hydrogen-bond donors (Lipinski definition) is 0. The lowest BCUT2D eigenvalue weighted by Crippen LogP contribution is -2.38. The minimum atomic E-state index is -0.320. The summed E-state index contributed by atoms with van der Waals surface area (Å²) in [5.41, 5.74) is 0.606. The predicted molar refractivity (Wildman–Crippen MR) is 94.9 cm³/mol. The maximum absolute atomic E-state index is 13.2. The first-order chi connectivity index (χ1) is 11.7. The first-order valence-electron chi connectivity index (χ1n) is 8.54. The van der Waals surface area contributed by atoms with Crippen molar-refractivity contribution < 1.29 is 13.7 Å². The fraction of sp³-hybridized carbons (Fsp3) is 0.526. The van der Waals surface area contributed by atoms with E-state index in [4.69, 9.17) is 4.52 Å². The highest BCUT2D eigenvalue weighted by atomic mass is 19.1. The van der Waals surface area contributed by atoms with Gasteiger partial charge in [-0.1, -0.05) is 39.8 Å². The monoisotopic (exact) mass is 347 g/mol. The van der Waals surface area contributed by atoms with E-state index in [2.05, 4.69) is 30.9 Å². The van der Waals surface area contributed by atoms with Gasteiger partial charge in [-0.2, -0.15) is 4.98 Å². The number of aryl methyl sites for hydroxylation is 1. The van der Waals surface area contributed by atoms with Crippen LogP contribution < -0.4 is 4.90 Å². The Kier molecular flexibility index (Phi) is 5.93. The largest absolute Gasteiger partial charge is 0.339 e. The van der Waals surface area contributed by atoms with Crippen LogP contribution in [0.15, 0.2) is 28.8 Å². The van der Waals surface area contributed by atoms with Crippen molar-refractivity contribution in [3.05, 3.63) is 41.8 Å². The molecule has 0 fully saturated rings. The second-order valence-corrected chi connectivity index (χ2v) is 7.72. The van der Waals surface area contributed by atoms with Crippen LogP contribution in [0, 0.1) is 11.2 Å². The summed E-state index contributed by atoms with van der Waals surface area (Å²) in [7, 11) is 0. The Labute approximate surface area is 148 Å². The molecule has 0 atom stereocenters. The molecule has 136 valence electrons. The van der Waals surface area contributed by atoms with Crippen molar-refractivity contribution in [1.82, 2.24) is 10.1 Å². The number of rotatable bonds is 6. The summed E-state index contributed by atoms with van der Waals surface area (Å²) < 4.78 is 18.4. The summed E-state index contributed by atoms with van der Waals surface area (Å²) in [6.45, 7) is 10.7. The molecule has 25 heavy (non-hydrogen) atoms. The molecule has 0 aliphatic rings. The number of carbonyl (C=O) groups excluding carboxylic acids is 1. The van der Waals surface area contributed by atoms with Crippen LogP contribution in [0.2, 0.25) is 0 Å². The van der Waals surface area contributed by atoms with Crippen molar-refractivity contribution in [1.29, 1.82) is 0 Å². The van der Waals surface area contributed by atoms with Crippen LogP contribution in [-0.2, 0) is 11.2 Å². The number of aromatic nitrogens is 2. The van der Waals surface area contributed by atoms with Gasteiger partial charge in [-0.05, 0) is 29.7 Å². The lowest BCUT2D eigenvalue weighted by Gasteiger charge is -2.30. The van der Waals surface area contributed by atoms with Crippen molar-refractivity contribution in [2.24, 2.45) is 5.41 Å². The molecule has 0 aliphatic carbocycles. The van der Waals surface area contributed by atoms with E-state index in [1.54, 1.807) is 17.0 Å². The maximum atomic E-state index is 13.2. The van der Waals surface area contributed by atoms with E-state index in [0.29, 0.717) is 30.4 Å². The fourth-order valence-corrected chi connectivity index (χ4v) is 2.37. The zero-order valence-corrected chi connectivity index (χ0v) is 15.5. The van der Waals surface area contributed by atoms with E-state index in [-0.39, 0.29) is 29.5 Å². The molecule has 5 nitrogen and oxygen atoms in total. The Morgan fingerprint density at radius 3 is 2.40 bits per heavy atom. The zero-order valence-electron chi connectivity index (χ0n) is 15.5. The van der Waals surface area contributed by atoms with E-state index in [0.717, 1.165) is 0 Å². The lowest BCUT2D eigenvalue weighted by atomic mass is 9.95. The molecule has 0 bridgehead atoms. The third kappa shape index (κ3) is 5.66. The standard InChI is InChI=1S/C19H26FN3O2/c1-13(2)18-21-16(25-22-18)10-11-17(24)23(12-19(3,4)5)15-8-6-14(20)7-9-15/h6-9,13H,10-12H2,1-5H3. The molecule has 2 rings (SSSR count). The Hall–Kier alpha value is -2.24. The number of anilines is 1. The van der Waals surface area contributed by atoms with Gasteiger partial charge in [0.05, 0.1) is 0 Å². The van der Waals surface area contributed by atoms with Crippen molar-refractivity contribution in [3.8, 4) is 0 Å². The molecule has 0 saturated heterocycles. The van der Waals surface area contributed by atoms with E-state index in [1.807, 2.05) is 13.8 Å². The molecule has 6 heteroatoms. The molecule has 0 spiro atoms. The second-order valence-electron chi connectivity index (χ2n) is 7.72. The Balaban J connectivity index is 2.10. The molecule has 1 amide bonds. The van der Waals surface area contributed by atoms with Crippen LogP contribution in [0.3, 0.4) is 0 Å². The smallest absolute Gasteiger partial charge is 0.227 e. The number of benzene rings is 1. The van der Waals surface area contributed by atoms with Crippen molar-refractivity contribution in [2.75, 3.05) is 11.4 Å². The third-order valence-electron chi connectivity index (χ3n) is 3.62. The minimum absolute atomic E-state index is 0.0502. The van der Waals surface area contributed by atoms with E-state index in [9.17, 15) is 9.18 Å². The molecule has 1 aromatic carbocycles. The number of nitrogens with zero attached hydrogens (tertiary/aromatic N) is 3. The quantitative estimate of drug-likeness (QED) is 0.780. The van der Waals surface area contributed by atoms with Gasteiger partial charge in [0.1, 0.15) is 5.82 Å². The van der Waals surface area contributed by atoms with Crippen LogP contribution in [0.4, 0.5) is 10.1 Å². The lowest BCUT2D eigenvalue weighted by molar-refractivity contribution is -0.119. The molecular weight excluding hydrogens is 321 g/mol. The average Bonchev–Trinajstić information content (AvgIpc) is 2.99. The van der Waals surface area contributed by atoms with Gasteiger partial charge in [-0.3, -0.25) is 4.79 Å². The first-order valence-corrected chi connectivity index (χ1v) is 8.54. The van der Waals surface area contributed by atoms with Crippen molar-refractivity contribution in [2.45, 2.75) is 53.4 Å². The number of halogens is 1. The van der Waals surface area contributed by atoms with Gasteiger partial charge in [0.25, 0.3) is 0 Å². The molecule has 2 aromatic rings. The van der Waals surface area contributed by atoms with E-state index < -0.39 is 0 Å². The minimum Gasteiger partial charge on any atom is -0.339 e. The van der Waals surface area contributed by atoms with Crippen molar-refractivity contribution in [3.63, 3.8) is 0 Å². The van der Waals surface area contributed by atoms with Gasteiger partial charge in [-0.25, -0.2) is 4.39 Å². The van der Waals surface area contributed by atoms with Crippen LogP contribution >= 0.6 is 0 Å². The van der Waals surface area contributed by atoms with Gasteiger partial charge in [0.2, 0.25) is 11.8 Å². The fourth-order valence-electron chi connectivity index (χ4n) is 2.37. The van der Waals surface area contributed by atoms with Gasteiger partial charge in [0, 0.05) is 31.0 Å². The first kappa shape index (κ1) is 19.1. The number of hydrogen-bond acceptors (Lipinski definition) is 4. The molecule has 0 saturated carbocycles. The van der Waals surface area contributed by atoms with Crippen LogP contribution in [0.5, 0.6) is 0 Å². The van der Waals surface area contributed by atoms with Crippen LogP contribution in [0.1, 0.15) is 58.7 Å². The van der Waals surface area contributed by atoms with Gasteiger partial charge < -0.3 is 9.42 Å². The topological polar surface area (TPSA) is 59.2 Å². The number of carbonyl (C=O) groups is 1. The summed E-state index contributed by atoms with van der Waals surface area (Å²) in [5.74, 6) is 0.925. The van der Waals surface area contributed by atoms with Crippen LogP contribution in [-0.4, -0.2) is 22.6 Å². The normalized spacial score (nSPS) is 11.8. The third-order valence-corrected chi connectivity index (χ3v) is 3.62. The molecule has 0 N–H and O–H groups in total. The van der Waals surface area contributed by atoms with E-state index in [1.165, 1.54) is 12.1 Å². The summed E-state index contributed by atoms with van der Waals surface area (Å²) in [4.78, 5) is 18.8. The Bertz CT molecular complexity index is 702. The SMILES string of the molecule is CC(C)c1noc(CCC(=O)N(CC(C)(C)C)c2ccc(F)cc2)n1. The molecule has 1 heterocycles. The zero-order chi connectivity index (χ0) is 18.6. The maximum Gasteiger partial charge on any atom is 0.227 e. The molecule has 0 aliphatic heterocycles. The Morgan fingerprint density at radius 2 is 1.88 bits per heavy atom. The summed E-state index contributed by atoms with van der Waals surface area (Å²) >= 11 is 0. The summed E-state index contributed by atoms with van der Waals surface area (Å²) in [6, 6.07) is 5.99. The van der Waals surface area contributed by atoms with Crippen LogP contribution in [0.25, 0.3) is 0 Å². The highest BCUT2D eigenvalue weighted by Crippen LogP contribution is 2.23. The summed E-state index contributed by atoms with van der Waals surface area (Å²) in [6.07, 6.45) is 0.646. The second kappa shape index (κ2) is 7.76. The highest BCUT2D eigenvalue weighted by molar-refractivity contribution is 5.93. The molecule has 1 aromatic heterocycles. The van der Waals surface area contributed by atoms with Gasteiger partial charge >= 0.3 is 0 Å². The van der Waals surface area contributed by atoms with Gasteiger partial charge in [0.15, 0.2) is 5.82 Å². The highest BCUT2D eigenvalue weighted by Gasteiger charge is 2.23. The van der Waals surface area contributed by atoms with Gasteiger partial charge in [-0.15, -0.1) is 0 Å². The van der Waals surface area contributed by atoms with E-state index >= 15 is 0 Å². The predicted octanol–water partition coefficient (Wildman–Crippen LogP) is 4.34. The average molecular weight is 347 g/mol. The summed E-state index contributed by atoms with van der Waals surface area (Å²) in [5, 5.41) is 3.91. The molecule has 0 unspecified atom stereocenters. The molecule has 0 radical (unpaired) electrons. The van der Waals surface area contributed by atoms with Crippen molar-refractivity contribution >= 4 is 11.6 Å². The Morgan fingerprint density at radius 1 is 1.24 bits per heavy atom.